The van der Waals surface area contributed by atoms with Crippen LogP contribution in [0.3, 0.4) is 0 Å². The topological polar surface area (TPSA) is 75.3 Å². The van der Waals surface area contributed by atoms with Gasteiger partial charge in [0.1, 0.15) is 0 Å². The lowest BCUT2D eigenvalue weighted by molar-refractivity contribution is 0.192. The molecule has 0 aliphatic heterocycles. The van der Waals surface area contributed by atoms with Crippen LogP contribution >= 0.6 is 0 Å². The van der Waals surface area contributed by atoms with Crippen molar-refractivity contribution in [1.29, 1.82) is 0 Å². The fourth-order valence-corrected chi connectivity index (χ4v) is 0.993. The second kappa shape index (κ2) is 2.70. The Kier molecular flexibility index (Phi) is 1.91. The fraction of sp³-hybridized carbons (Fsp3) is 0.500. The molecule has 0 fully saturated rings. The molecule has 1 aliphatic rings. The third-order valence-electron chi connectivity index (χ3n) is 1.43. The summed E-state index contributed by atoms with van der Waals surface area (Å²) >= 11 is 0. The Morgan fingerprint density at radius 2 is 2.40 bits per heavy atom. The Hall–Kier alpha value is -1.03. The first-order chi connectivity index (χ1) is 4.68. The molecule has 0 heterocycles. The molecule has 10 heavy (non-hydrogen) atoms. The van der Waals surface area contributed by atoms with E-state index in [1.54, 1.807) is 12.2 Å². The van der Waals surface area contributed by atoms with Gasteiger partial charge in [0.2, 0.25) is 0 Å². The van der Waals surface area contributed by atoms with E-state index in [2.05, 4.69) is 5.32 Å². The molecule has 0 saturated carbocycles. The van der Waals surface area contributed by atoms with Gasteiger partial charge in [-0.1, -0.05) is 12.2 Å². The smallest absolute Gasteiger partial charge is 0.405 e. The van der Waals surface area contributed by atoms with E-state index < -0.39 is 6.09 Å². The number of rotatable bonds is 1. The lowest BCUT2D eigenvalue weighted by atomic mass is 10.2. The molecule has 0 aromatic rings. The van der Waals surface area contributed by atoms with Gasteiger partial charge in [-0.05, 0) is 6.42 Å². The number of nitrogens with two attached hydrogens (primary N) is 1. The predicted molar refractivity (Wildman–Crippen MR) is 36.7 cm³/mol. The Morgan fingerprint density at radius 1 is 1.70 bits per heavy atom. The molecule has 0 aromatic carbocycles. The van der Waals surface area contributed by atoms with Gasteiger partial charge in [0.15, 0.2) is 0 Å². The number of hydrogen-bond acceptors (Lipinski definition) is 2. The van der Waals surface area contributed by atoms with Crippen molar-refractivity contribution in [2.24, 2.45) is 5.73 Å². The van der Waals surface area contributed by atoms with Crippen molar-refractivity contribution in [2.45, 2.75) is 18.5 Å². The van der Waals surface area contributed by atoms with E-state index in [-0.39, 0.29) is 12.1 Å². The van der Waals surface area contributed by atoms with Crippen LogP contribution in [0.1, 0.15) is 6.42 Å². The van der Waals surface area contributed by atoms with Crippen LogP contribution in [0.2, 0.25) is 0 Å². The zero-order valence-electron chi connectivity index (χ0n) is 5.45. The lowest BCUT2D eigenvalue weighted by Gasteiger charge is -2.07. The first kappa shape index (κ1) is 7.08. The van der Waals surface area contributed by atoms with Gasteiger partial charge in [-0.25, -0.2) is 4.79 Å². The molecule has 4 N–H and O–H groups in total. The zero-order chi connectivity index (χ0) is 7.56. The normalized spacial score (nSPS) is 30.5. The third-order valence-corrected chi connectivity index (χ3v) is 1.43. The number of carbonyl (C=O) groups is 1. The highest BCUT2D eigenvalue weighted by atomic mass is 16.4. The average molecular weight is 142 g/mol. The van der Waals surface area contributed by atoms with Gasteiger partial charge in [-0.15, -0.1) is 0 Å². The van der Waals surface area contributed by atoms with Crippen LogP contribution in [0.25, 0.3) is 0 Å². The van der Waals surface area contributed by atoms with E-state index in [9.17, 15) is 4.79 Å². The van der Waals surface area contributed by atoms with Crippen LogP contribution < -0.4 is 11.1 Å². The molecule has 0 spiro atoms. The van der Waals surface area contributed by atoms with Gasteiger partial charge in [0.05, 0.1) is 6.04 Å². The number of hydrogen-bond donors (Lipinski definition) is 3. The molecule has 0 unspecified atom stereocenters. The van der Waals surface area contributed by atoms with Gasteiger partial charge in [0, 0.05) is 6.04 Å². The first-order valence-electron chi connectivity index (χ1n) is 3.12. The highest BCUT2D eigenvalue weighted by Gasteiger charge is 2.16. The maximum Gasteiger partial charge on any atom is 0.405 e. The van der Waals surface area contributed by atoms with E-state index >= 15 is 0 Å². The van der Waals surface area contributed by atoms with E-state index in [4.69, 9.17) is 10.8 Å². The summed E-state index contributed by atoms with van der Waals surface area (Å²) in [7, 11) is 0. The fourth-order valence-electron chi connectivity index (χ4n) is 0.993. The summed E-state index contributed by atoms with van der Waals surface area (Å²) in [6, 6.07) is -0.0793. The van der Waals surface area contributed by atoms with Crippen LogP contribution in [0.15, 0.2) is 12.2 Å². The summed E-state index contributed by atoms with van der Waals surface area (Å²) in [5.74, 6) is 0. The minimum Gasteiger partial charge on any atom is -0.465 e. The number of carboxylic acid groups (broad SMARTS) is 1. The molecule has 1 rings (SSSR count). The van der Waals surface area contributed by atoms with Crippen molar-refractivity contribution in [2.75, 3.05) is 0 Å². The van der Waals surface area contributed by atoms with Gasteiger partial charge in [0.25, 0.3) is 0 Å². The van der Waals surface area contributed by atoms with Crippen molar-refractivity contribution in [1.82, 2.24) is 5.32 Å². The van der Waals surface area contributed by atoms with Crippen molar-refractivity contribution in [3.05, 3.63) is 12.2 Å². The molecule has 4 nitrogen and oxygen atoms in total. The predicted octanol–water partition coefficient (Wildman–Crippen LogP) is -0.0902. The Balaban J connectivity index is 2.33. The third kappa shape index (κ3) is 1.73. The molecule has 1 aliphatic carbocycles. The quantitative estimate of drug-likeness (QED) is 0.448. The summed E-state index contributed by atoms with van der Waals surface area (Å²) in [6.07, 6.45) is 3.26. The summed E-state index contributed by atoms with van der Waals surface area (Å²) in [5, 5.41) is 10.6. The van der Waals surface area contributed by atoms with E-state index in [0.29, 0.717) is 6.42 Å². The molecule has 2 atom stereocenters. The van der Waals surface area contributed by atoms with Crippen molar-refractivity contribution in [3.8, 4) is 0 Å². The van der Waals surface area contributed by atoms with Crippen molar-refractivity contribution < 1.29 is 9.90 Å². The second-order valence-electron chi connectivity index (χ2n) is 2.34. The summed E-state index contributed by atoms with van der Waals surface area (Å²) in [4.78, 5) is 10.1. The van der Waals surface area contributed by atoms with E-state index in [1.165, 1.54) is 0 Å². The van der Waals surface area contributed by atoms with Crippen LogP contribution in [-0.4, -0.2) is 23.3 Å². The maximum atomic E-state index is 10.1. The minimum atomic E-state index is -0.997. The molecule has 0 radical (unpaired) electrons. The maximum absolute atomic E-state index is 10.1. The molecule has 1 amide bonds. The summed E-state index contributed by atoms with van der Waals surface area (Å²) in [5.41, 5.74) is 5.48. The standard InChI is InChI=1S/C6H10N2O2/c7-4-1-2-5(3-4)8-6(9)10/h1-2,4-5,8H,3,7H2,(H,9,10)/t4-,5+/m1/s1. The van der Waals surface area contributed by atoms with Gasteiger partial charge >= 0.3 is 6.09 Å². The molecular formula is C6H10N2O2. The molecule has 0 saturated heterocycles. The summed E-state index contributed by atoms with van der Waals surface area (Å²) in [6.45, 7) is 0. The highest BCUT2D eigenvalue weighted by molar-refractivity contribution is 5.65. The lowest BCUT2D eigenvalue weighted by Crippen LogP contribution is -2.32. The highest BCUT2D eigenvalue weighted by Crippen LogP contribution is 2.07. The van der Waals surface area contributed by atoms with Crippen LogP contribution in [0, 0.1) is 0 Å². The molecule has 56 valence electrons. The molecular weight excluding hydrogens is 132 g/mol. The summed E-state index contributed by atoms with van der Waals surface area (Å²) < 4.78 is 0. The Bertz CT molecular complexity index is 167. The number of nitrogens with one attached hydrogen (secondary N) is 1. The zero-order valence-corrected chi connectivity index (χ0v) is 5.45. The minimum absolute atomic E-state index is 0.0110. The van der Waals surface area contributed by atoms with Crippen LogP contribution in [0.5, 0.6) is 0 Å². The molecule has 0 aromatic heterocycles. The molecule has 0 bridgehead atoms. The van der Waals surface area contributed by atoms with Crippen LogP contribution in [0.4, 0.5) is 4.79 Å². The van der Waals surface area contributed by atoms with Crippen molar-refractivity contribution >= 4 is 6.09 Å². The van der Waals surface area contributed by atoms with Crippen molar-refractivity contribution in [3.63, 3.8) is 0 Å². The van der Waals surface area contributed by atoms with Gasteiger partial charge in [-0.2, -0.15) is 0 Å². The Morgan fingerprint density at radius 3 is 2.80 bits per heavy atom. The number of amides is 1. The first-order valence-corrected chi connectivity index (χ1v) is 3.12. The SMILES string of the molecule is N[C@@H]1C=C[C@H](NC(=O)O)C1. The monoisotopic (exact) mass is 142 g/mol. The van der Waals surface area contributed by atoms with Gasteiger partial charge in [-0.3, -0.25) is 0 Å². The Labute approximate surface area is 58.7 Å². The van der Waals surface area contributed by atoms with Crippen LogP contribution in [-0.2, 0) is 0 Å². The van der Waals surface area contributed by atoms with E-state index in [0.717, 1.165) is 0 Å². The average Bonchev–Trinajstić information content (AvgIpc) is 2.13. The second-order valence-corrected chi connectivity index (χ2v) is 2.34. The molecule has 4 heteroatoms. The van der Waals surface area contributed by atoms with Gasteiger partial charge < -0.3 is 16.2 Å². The largest absolute Gasteiger partial charge is 0.465 e. The van der Waals surface area contributed by atoms with E-state index in [1.807, 2.05) is 0 Å².